The van der Waals surface area contributed by atoms with Crippen molar-refractivity contribution in [3.8, 4) is 0 Å². The van der Waals surface area contributed by atoms with E-state index in [1.54, 1.807) is 0 Å². The monoisotopic (exact) mass is 283 g/mol. The highest BCUT2D eigenvalue weighted by Crippen LogP contribution is 2.13. The van der Waals surface area contributed by atoms with Gasteiger partial charge in [-0.3, -0.25) is 9.59 Å². The van der Waals surface area contributed by atoms with Crippen LogP contribution in [0.2, 0.25) is 0 Å². The van der Waals surface area contributed by atoms with Gasteiger partial charge in [-0.1, -0.05) is 27.7 Å². The van der Waals surface area contributed by atoms with Crippen molar-refractivity contribution in [3.05, 3.63) is 0 Å². The summed E-state index contributed by atoms with van der Waals surface area (Å²) >= 11 is 0. The minimum Gasteiger partial charge on any atom is -0.352 e. The maximum Gasteiger partial charge on any atom is 0.237 e. The van der Waals surface area contributed by atoms with Crippen LogP contribution in [-0.2, 0) is 9.59 Å². The average molecular weight is 283 g/mol. The van der Waals surface area contributed by atoms with Crippen LogP contribution >= 0.6 is 0 Å². The molecule has 5 nitrogen and oxygen atoms in total. The molecule has 0 saturated carbocycles. The van der Waals surface area contributed by atoms with Gasteiger partial charge in [-0.05, 0) is 25.2 Å². The molecule has 0 unspecified atom stereocenters. The van der Waals surface area contributed by atoms with Gasteiger partial charge in [0.05, 0.1) is 6.04 Å². The molecule has 1 fully saturated rings. The summed E-state index contributed by atoms with van der Waals surface area (Å²) in [5, 5.41) is 3.01. The van der Waals surface area contributed by atoms with E-state index in [0.29, 0.717) is 12.3 Å². The number of hydrogen-bond donors (Lipinski definition) is 2. The van der Waals surface area contributed by atoms with Crippen LogP contribution in [0.4, 0.5) is 0 Å². The number of nitrogens with zero attached hydrogens (tertiary/aromatic N) is 1. The van der Waals surface area contributed by atoms with Crippen molar-refractivity contribution in [2.45, 2.75) is 59.0 Å². The fourth-order valence-corrected chi connectivity index (χ4v) is 2.53. The molecule has 1 saturated heterocycles. The molecule has 116 valence electrons. The number of nitrogens with one attached hydrogen (secondary N) is 1. The van der Waals surface area contributed by atoms with Gasteiger partial charge in [-0.25, -0.2) is 0 Å². The molecule has 2 amide bonds. The van der Waals surface area contributed by atoms with Crippen molar-refractivity contribution in [2.24, 2.45) is 17.6 Å². The zero-order chi connectivity index (χ0) is 15.3. The lowest BCUT2D eigenvalue weighted by molar-refractivity contribution is -0.135. The molecule has 1 atom stereocenters. The summed E-state index contributed by atoms with van der Waals surface area (Å²) in [6, 6.07) is -0.276. The van der Waals surface area contributed by atoms with Crippen LogP contribution < -0.4 is 11.1 Å². The molecule has 1 heterocycles. The molecular weight excluding hydrogens is 254 g/mol. The number of rotatable bonds is 5. The maximum absolute atomic E-state index is 12.0. The van der Waals surface area contributed by atoms with E-state index in [1.165, 1.54) is 0 Å². The lowest BCUT2D eigenvalue weighted by Crippen LogP contribution is -2.51. The SMILES string of the molecule is CC(C)C[C@H](N)C(=O)NC1CCN(C(=O)C(C)C)CC1. The number of amides is 2. The third-order valence-corrected chi connectivity index (χ3v) is 3.71. The van der Waals surface area contributed by atoms with E-state index >= 15 is 0 Å². The van der Waals surface area contributed by atoms with Gasteiger partial charge in [-0.2, -0.15) is 0 Å². The molecule has 3 N–H and O–H groups in total. The smallest absolute Gasteiger partial charge is 0.237 e. The molecule has 1 rings (SSSR count). The van der Waals surface area contributed by atoms with Gasteiger partial charge < -0.3 is 16.0 Å². The summed E-state index contributed by atoms with van der Waals surface area (Å²) in [4.78, 5) is 25.7. The van der Waals surface area contributed by atoms with Crippen molar-refractivity contribution >= 4 is 11.8 Å². The summed E-state index contributed by atoms with van der Waals surface area (Å²) in [7, 11) is 0. The number of carbonyl (C=O) groups excluding carboxylic acids is 2. The number of hydrogen-bond acceptors (Lipinski definition) is 3. The Balaban J connectivity index is 2.35. The number of carbonyl (C=O) groups is 2. The van der Waals surface area contributed by atoms with Crippen molar-refractivity contribution < 1.29 is 9.59 Å². The molecule has 0 aromatic heterocycles. The molecular formula is C15H29N3O2. The fourth-order valence-electron chi connectivity index (χ4n) is 2.53. The highest BCUT2D eigenvalue weighted by atomic mass is 16.2. The second-order valence-corrected chi connectivity index (χ2v) is 6.50. The second kappa shape index (κ2) is 7.62. The van der Waals surface area contributed by atoms with Gasteiger partial charge in [0, 0.05) is 25.0 Å². The van der Waals surface area contributed by atoms with Crippen molar-refractivity contribution in [3.63, 3.8) is 0 Å². The Kier molecular flexibility index (Phi) is 6.46. The van der Waals surface area contributed by atoms with E-state index in [4.69, 9.17) is 5.73 Å². The normalized spacial score (nSPS) is 18.4. The van der Waals surface area contributed by atoms with Crippen LogP contribution in [-0.4, -0.2) is 41.9 Å². The van der Waals surface area contributed by atoms with Crippen LogP contribution in [0.3, 0.4) is 0 Å². The number of likely N-dealkylation sites (tertiary alicyclic amines) is 1. The lowest BCUT2D eigenvalue weighted by atomic mass is 10.0. The topological polar surface area (TPSA) is 75.4 Å². The lowest BCUT2D eigenvalue weighted by Gasteiger charge is -2.34. The van der Waals surface area contributed by atoms with Gasteiger partial charge >= 0.3 is 0 Å². The number of piperidine rings is 1. The van der Waals surface area contributed by atoms with Crippen LogP contribution in [0.5, 0.6) is 0 Å². The molecule has 0 spiro atoms. The van der Waals surface area contributed by atoms with Crippen LogP contribution in [0.25, 0.3) is 0 Å². The van der Waals surface area contributed by atoms with Gasteiger partial charge in [0.25, 0.3) is 0 Å². The Morgan fingerprint density at radius 2 is 1.75 bits per heavy atom. The minimum atomic E-state index is -0.426. The quantitative estimate of drug-likeness (QED) is 0.794. The minimum absolute atomic E-state index is 0.0422. The molecule has 0 aromatic rings. The maximum atomic E-state index is 12.0. The van der Waals surface area contributed by atoms with E-state index in [9.17, 15) is 9.59 Å². The zero-order valence-corrected chi connectivity index (χ0v) is 13.2. The Labute approximate surface area is 122 Å². The third kappa shape index (κ3) is 5.12. The Hall–Kier alpha value is -1.10. The highest BCUT2D eigenvalue weighted by molar-refractivity contribution is 5.82. The van der Waals surface area contributed by atoms with Crippen molar-refractivity contribution in [1.82, 2.24) is 10.2 Å². The average Bonchev–Trinajstić information content (AvgIpc) is 2.37. The first-order chi connectivity index (χ1) is 9.31. The van der Waals surface area contributed by atoms with E-state index in [-0.39, 0.29) is 23.8 Å². The zero-order valence-electron chi connectivity index (χ0n) is 13.2. The molecule has 0 radical (unpaired) electrons. The first-order valence-electron chi connectivity index (χ1n) is 7.66. The van der Waals surface area contributed by atoms with Crippen molar-refractivity contribution in [1.29, 1.82) is 0 Å². The summed E-state index contributed by atoms with van der Waals surface area (Å²) < 4.78 is 0. The Morgan fingerprint density at radius 3 is 2.20 bits per heavy atom. The predicted octanol–water partition coefficient (Wildman–Crippen LogP) is 1.12. The molecule has 0 aromatic carbocycles. The predicted molar refractivity (Wildman–Crippen MR) is 80.0 cm³/mol. The summed E-state index contributed by atoms with van der Waals surface area (Å²) in [6.07, 6.45) is 2.34. The largest absolute Gasteiger partial charge is 0.352 e. The van der Waals surface area contributed by atoms with E-state index < -0.39 is 6.04 Å². The summed E-state index contributed by atoms with van der Waals surface area (Å²) in [5.74, 6) is 0.598. The van der Waals surface area contributed by atoms with E-state index in [0.717, 1.165) is 25.9 Å². The van der Waals surface area contributed by atoms with Gasteiger partial charge in [0.1, 0.15) is 0 Å². The third-order valence-electron chi connectivity index (χ3n) is 3.71. The molecule has 0 aliphatic carbocycles. The molecule has 5 heteroatoms. The fraction of sp³-hybridized carbons (Fsp3) is 0.867. The Morgan fingerprint density at radius 1 is 1.20 bits per heavy atom. The summed E-state index contributed by atoms with van der Waals surface area (Å²) in [6.45, 7) is 9.40. The van der Waals surface area contributed by atoms with Crippen LogP contribution in [0.15, 0.2) is 0 Å². The van der Waals surface area contributed by atoms with E-state index in [2.05, 4.69) is 19.2 Å². The van der Waals surface area contributed by atoms with Gasteiger partial charge in [0.2, 0.25) is 11.8 Å². The van der Waals surface area contributed by atoms with E-state index in [1.807, 2.05) is 18.7 Å². The molecule has 1 aliphatic rings. The first kappa shape index (κ1) is 17.0. The second-order valence-electron chi connectivity index (χ2n) is 6.50. The van der Waals surface area contributed by atoms with Crippen LogP contribution in [0, 0.1) is 11.8 Å². The van der Waals surface area contributed by atoms with Crippen molar-refractivity contribution in [2.75, 3.05) is 13.1 Å². The highest BCUT2D eigenvalue weighted by Gasteiger charge is 2.26. The molecule has 20 heavy (non-hydrogen) atoms. The van der Waals surface area contributed by atoms with Gasteiger partial charge in [-0.15, -0.1) is 0 Å². The van der Waals surface area contributed by atoms with Crippen LogP contribution in [0.1, 0.15) is 47.0 Å². The molecule has 0 bridgehead atoms. The standard InChI is InChI=1S/C15H29N3O2/c1-10(2)9-13(16)14(19)17-12-5-7-18(8-6-12)15(20)11(3)4/h10-13H,5-9,16H2,1-4H3,(H,17,19)/t13-/m0/s1. The Bertz CT molecular complexity index is 334. The van der Waals surface area contributed by atoms with Gasteiger partial charge in [0.15, 0.2) is 0 Å². The molecule has 1 aliphatic heterocycles. The first-order valence-corrected chi connectivity index (χ1v) is 7.66. The number of nitrogens with two attached hydrogens (primary N) is 1. The summed E-state index contributed by atoms with van der Waals surface area (Å²) in [5.41, 5.74) is 5.87.